The van der Waals surface area contributed by atoms with Crippen molar-refractivity contribution in [2.75, 3.05) is 18.5 Å². The second kappa shape index (κ2) is 5.12. The number of hydrogen-bond donors (Lipinski definition) is 2. The van der Waals surface area contributed by atoms with Crippen LogP contribution in [0.2, 0.25) is 5.02 Å². The van der Waals surface area contributed by atoms with E-state index in [1.54, 1.807) is 6.07 Å². The molecule has 1 unspecified atom stereocenters. The predicted octanol–water partition coefficient (Wildman–Crippen LogP) is 2.41. The van der Waals surface area contributed by atoms with E-state index >= 15 is 0 Å². The van der Waals surface area contributed by atoms with Crippen molar-refractivity contribution >= 4 is 23.4 Å². The van der Waals surface area contributed by atoms with E-state index in [1.807, 2.05) is 6.92 Å². The van der Waals surface area contributed by atoms with Gasteiger partial charge in [-0.3, -0.25) is 0 Å². The summed E-state index contributed by atoms with van der Waals surface area (Å²) >= 11 is 5.77. The molecule has 1 aromatic rings. The van der Waals surface area contributed by atoms with E-state index in [9.17, 15) is 4.79 Å². The van der Waals surface area contributed by atoms with Crippen LogP contribution in [0, 0.1) is 0 Å². The van der Waals surface area contributed by atoms with E-state index in [4.69, 9.17) is 21.4 Å². The average molecular weight is 271 g/mol. The summed E-state index contributed by atoms with van der Waals surface area (Å²) in [5, 5.41) is 12.3. The zero-order valence-corrected chi connectivity index (χ0v) is 10.8. The Kier molecular flexibility index (Phi) is 3.73. The van der Waals surface area contributed by atoms with E-state index in [-0.39, 0.29) is 16.3 Å². The van der Waals surface area contributed by atoms with Crippen LogP contribution in [0.1, 0.15) is 30.3 Å². The number of anilines is 1. The van der Waals surface area contributed by atoms with E-state index in [1.165, 1.54) is 6.07 Å². The summed E-state index contributed by atoms with van der Waals surface area (Å²) in [6, 6.07) is 3.21. The van der Waals surface area contributed by atoms with E-state index in [0.717, 1.165) is 19.4 Å². The zero-order chi connectivity index (χ0) is 13.2. The summed E-state index contributed by atoms with van der Waals surface area (Å²) in [7, 11) is 0. The zero-order valence-electron chi connectivity index (χ0n) is 10.1. The maximum atomic E-state index is 10.9. The van der Waals surface area contributed by atoms with Crippen molar-refractivity contribution in [1.82, 2.24) is 4.98 Å². The molecule has 0 amide bonds. The molecule has 0 aliphatic carbocycles. The molecule has 1 saturated heterocycles. The van der Waals surface area contributed by atoms with Crippen molar-refractivity contribution in [1.29, 1.82) is 0 Å². The molecular formula is C12H15ClN2O3. The third-order valence-electron chi connectivity index (χ3n) is 2.92. The van der Waals surface area contributed by atoms with Gasteiger partial charge in [-0.05, 0) is 31.9 Å². The number of halogens is 1. The van der Waals surface area contributed by atoms with Crippen LogP contribution in [0.5, 0.6) is 0 Å². The van der Waals surface area contributed by atoms with Gasteiger partial charge in [0, 0.05) is 6.61 Å². The van der Waals surface area contributed by atoms with Gasteiger partial charge in [0.15, 0.2) is 5.69 Å². The highest BCUT2D eigenvalue weighted by molar-refractivity contribution is 6.33. The van der Waals surface area contributed by atoms with E-state index in [2.05, 4.69) is 10.3 Å². The highest BCUT2D eigenvalue weighted by Gasteiger charge is 2.28. The monoisotopic (exact) mass is 270 g/mol. The number of hydrogen-bond acceptors (Lipinski definition) is 4. The molecule has 1 fully saturated rings. The number of ether oxygens (including phenoxy) is 1. The quantitative estimate of drug-likeness (QED) is 0.883. The van der Waals surface area contributed by atoms with E-state index < -0.39 is 5.97 Å². The highest BCUT2D eigenvalue weighted by Crippen LogP contribution is 2.24. The lowest BCUT2D eigenvalue weighted by atomic mass is 9.95. The Morgan fingerprint density at radius 3 is 3.00 bits per heavy atom. The van der Waals surface area contributed by atoms with Gasteiger partial charge in [-0.15, -0.1) is 0 Å². The standard InChI is InChI=1S/C12H15ClN2O3/c1-12(5-2-6-18-7-12)15-9-4-3-8(13)10(14-9)11(16)17/h3-4H,2,5-7H2,1H3,(H,14,15)(H,16,17). The Hall–Kier alpha value is -1.33. The number of nitrogens with zero attached hydrogens (tertiary/aromatic N) is 1. The summed E-state index contributed by atoms with van der Waals surface area (Å²) in [6.45, 7) is 3.38. The van der Waals surface area contributed by atoms with Gasteiger partial charge in [-0.1, -0.05) is 11.6 Å². The molecule has 1 aliphatic rings. The van der Waals surface area contributed by atoms with Crippen molar-refractivity contribution in [3.63, 3.8) is 0 Å². The van der Waals surface area contributed by atoms with Gasteiger partial charge < -0.3 is 15.2 Å². The number of aromatic carboxylic acids is 1. The van der Waals surface area contributed by atoms with Crippen molar-refractivity contribution in [2.24, 2.45) is 0 Å². The van der Waals surface area contributed by atoms with Crippen molar-refractivity contribution in [2.45, 2.75) is 25.3 Å². The van der Waals surface area contributed by atoms with Crippen LogP contribution in [0.3, 0.4) is 0 Å². The number of carboxylic acid groups (broad SMARTS) is 1. The molecule has 5 nitrogen and oxygen atoms in total. The van der Waals surface area contributed by atoms with Gasteiger partial charge in [0.05, 0.1) is 17.2 Å². The lowest BCUT2D eigenvalue weighted by Gasteiger charge is -2.34. The summed E-state index contributed by atoms with van der Waals surface area (Å²) in [5.41, 5.74) is -0.350. The SMILES string of the molecule is CC1(Nc2ccc(Cl)c(C(=O)O)n2)CCCOC1. The third kappa shape index (κ3) is 2.91. The second-order valence-corrected chi connectivity index (χ2v) is 5.08. The number of nitrogens with one attached hydrogen (secondary N) is 1. The molecule has 0 bridgehead atoms. The van der Waals surface area contributed by atoms with Crippen LogP contribution in [0.25, 0.3) is 0 Å². The third-order valence-corrected chi connectivity index (χ3v) is 3.22. The topological polar surface area (TPSA) is 71.5 Å². The Morgan fingerprint density at radius 1 is 1.61 bits per heavy atom. The number of aromatic nitrogens is 1. The fraction of sp³-hybridized carbons (Fsp3) is 0.500. The van der Waals surface area contributed by atoms with Crippen LogP contribution in [-0.2, 0) is 4.74 Å². The maximum Gasteiger partial charge on any atom is 0.356 e. The predicted molar refractivity (Wildman–Crippen MR) is 68.3 cm³/mol. The van der Waals surface area contributed by atoms with Crippen molar-refractivity contribution in [3.05, 3.63) is 22.8 Å². The molecule has 0 radical (unpaired) electrons. The van der Waals surface area contributed by atoms with Gasteiger partial charge >= 0.3 is 5.97 Å². The average Bonchev–Trinajstić information content (AvgIpc) is 2.32. The number of pyridine rings is 1. The largest absolute Gasteiger partial charge is 0.476 e. The molecule has 2 N–H and O–H groups in total. The lowest BCUT2D eigenvalue weighted by Crippen LogP contribution is -2.43. The fourth-order valence-corrected chi connectivity index (χ4v) is 2.19. The van der Waals surface area contributed by atoms with Gasteiger partial charge in [0.1, 0.15) is 5.82 Å². The summed E-state index contributed by atoms with van der Waals surface area (Å²) in [5.74, 6) is -0.626. The van der Waals surface area contributed by atoms with Gasteiger partial charge in [0.2, 0.25) is 0 Å². The minimum absolute atomic E-state index is 0.137. The maximum absolute atomic E-state index is 10.9. The summed E-state index contributed by atoms with van der Waals surface area (Å²) in [4.78, 5) is 15.0. The normalized spacial score (nSPS) is 23.7. The van der Waals surface area contributed by atoms with Crippen LogP contribution in [0.15, 0.2) is 12.1 Å². The lowest BCUT2D eigenvalue weighted by molar-refractivity contribution is 0.0538. The molecular weight excluding hydrogens is 256 g/mol. The summed E-state index contributed by atoms with van der Waals surface area (Å²) < 4.78 is 5.43. The number of carboxylic acids is 1. The molecule has 1 aliphatic heterocycles. The minimum atomic E-state index is -1.13. The molecule has 0 saturated carbocycles. The molecule has 98 valence electrons. The van der Waals surface area contributed by atoms with Crippen LogP contribution in [0.4, 0.5) is 5.82 Å². The Balaban J connectivity index is 2.18. The number of rotatable bonds is 3. The first-order chi connectivity index (χ1) is 8.50. The van der Waals surface area contributed by atoms with Crippen molar-refractivity contribution in [3.8, 4) is 0 Å². The van der Waals surface area contributed by atoms with Gasteiger partial charge in [-0.25, -0.2) is 9.78 Å². The summed E-state index contributed by atoms with van der Waals surface area (Å²) in [6.07, 6.45) is 1.93. The molecule has 18 heavy (non-hydrogen) atoms. The van der Waals surface area contributed by atoms with Crippen LogP contribution < -0.4 is 5.32 Å². The van der Waals surface area contributed by atoms with Crippen LogP contribution in [-0.4, -0.2) is 34.8 Å². The second-order valence-electron chi connectivity index (χ2n) is 4.67. The Labute approximate surface area is 110 Å². The van der Waals surface area contributed by atoms with E-state index in [0.29, 0.717) is 12.4 Å². The first-order valence-corrected chi connectivity index (χ1v) is 6.14. The molecule has 2 heterocycles. The minimum Gasteiger partial charge on any atom is -0.476 e. The fourth-order valence-electron chi connectivity index (χ4n) is 2.00. The molecule has 0 spiro atoms. The molecule has 0 aromatic carbocycles. The smallest absolute Gasteiger partial charge is 0.356 e. The van der Waals surface area contributed by atoms with Crippen molar-refractivity contribution < 1.29 is 14.6 Å². The van der Waals surface area contributed by atoms with Gasteiger partial charge in [0.25, 0.3) is 0 Å². The molecule has 1 aromatic heterocycles. The molecule has 6 heteroatoms. The van der Waals surface area contributed by atoms with Crippen LogP contribution >= 0.6 is 11.6 Å². The Bertz CT molecular complexity index is 459. The van der Waals surface area contributed by atoms with Gasteiger partial charge in [-0.2, -0.15) is 0 Å². The first-order valence-electron chi connectivity index (χ1n) is 5.76. The first kappa shape index (κ1) is 13.1. The Morgan fingerprint density at radius 2 is 2.39 bits per heavy atom. The highest BCUT2D eigenvalue weighted by atomic mass is 35.5. The molecule has 1 atom stereocenters. The molecule has 2 rings (SSSR count). The number of carbonyl (C=O) groups is 1.